The van der Waals surface area contributed by atoms with Gasteiger partial charge in [-0.05, 0) is 31.0 Å². The Bertz CT molecular complexity index is 653. The lowest BCUT2D eigenvalue weighted by Gasteiger charge is -2.25. The molecular formula is C15H18N2O4. The van der Waals surface area contributed by atoms with Crippen LogP contribution in [-0.4, -0.2) is 27.2 Å². The highest BCUT2D eigenvalue weighted by Gasteiger charge is 2.24. The molecule has 1 heterocycles. The average Bonchev–Trinajstić information content (AvgIpc) is 2.52. The molecule has 2 aromatic rings. The second kappa shape index (κ2) is 6.05. The summed E-state index contributed by atoms with van der Waals surface area (Å²) in [7, 11) is 0. The smallest absolute Gasteiger partial charge is 0.295 e. The molecule has 1 aromatic carbocycles. The van der Waals surface area contributed by atoms with Gasteiger partial charge in [0.2, 0.25) is 0 Å². The Balaban J connectivity index is 2.38. The van der Waals surface area contributed by atoms with Crippen LogP contribution in [0.5, 0.6) is 5.75 Å². The Morgan fingerprint density at radius 1 is 1.33 bits per heavy atom. The van der Waals surface area contributed by atoms with Crippen molar-refractivity contribution in [3.8, 4) is 5.75 Å². The molecule has 2 rings (SSSR count). The van der Waals surface area contributed by atoms with E-state index >= 15 is 0 Å². The first-order chi connectivity index (χ1) is 10.0. The molecule has 112 valence electrons. The van der Waals surface area contributed by atoms with Crippen molar-refractivity contribution >= 4 is 16.6 Å². The second-order valence-corrected chi connectivity index (χ2v) is 4.96. The van der Waals surface area contributed by atoms with Gasteiger partial charge in [0.25, 0.3) is 5.69 Å². The molecule has 0 aliphatic heterocycles. The van der Waals surface area contributed by atoms with Gasteiger partial charge in [-0.25, -0.2) is 4.98 Å². The molecule has 0 unspecified atom stereocenters. The van der Waals surface area contributed by atoms with Gasteiger partial charge in [0.15, 0.2) is 5.52 Å². The number of benzene rings is 1. The van der Waals surface area contributed by atoms with Crippen LogP contribution in [0.15, 0.2) is 30.5 Å². The van der Waals surface area contributed by atoms with Crippen LogP contribution < -0.4 is 4.74 Å². The third-order valence-corrected chi connectivity index (χ3v) is 3.72. The topological polar surface area (TPSA) is 85.5 Å². The van der Waals surface area contributed by atoms with Crippen molar-refractivity contribution in [2.24, 2.45) is 0 Å². The molecular weight excluding hydrogens is 272 g/mol. The maximum absolute atomic E-state index is 11.0. The minimum absolute atomic E-state index is 0.0563. The Morgan fingerprint density at radius 3 is 2.67 bits per heavy atom. The molecule has 0 spiro atoms. The zero-order valence-electron chi connectivity index (χ0n) is 12.1. The number of hydrogen-bond donors (Lipinski definition) is 1. The van der Waals surface area contributed by atoms with Crippen LogP contribution in [0, 0.1) is 10.1 Å². The molecule has 0 radical (unpaired) electrons. The largest absolute Gasteiger partial charge is 0.490 e. The van der Waals surface area contributed by atoms with Crippen LogP contribution in [0.4, 0.5) is 5.69 Å². The fourth-order valence-electron chi connectivity index (χ4n) is 2.07. The van der Waals surface area contributed by atoms with Gasteiger partial charge in [-0.3, -0.25) is 10.1 Å². The van der Waals surface area contributed by atoms with Crippen molar-refractivity contribution in [1.29, 1.82) is 0 Å². The van der Waals surface area contributed by atoms with Gasteiger partial charge in [-0.15, -0.1) is 0 Å². The number of aliphatic hydroxyl groups is 1. The molecule has 0 saturated heterocycles. The van der Waals surface area contributed by atoms with Crippen molar-refractivity contribution in [1.82, 2.24) is 4.98 Å². The molecule has 0 aliphatic rings. The molecule has 0 fully saturated rings. The van der Waals surface area contributed by atoms with E-state index in [-0.39, 0.29) is 17.8 Å². The van der Waals surface area contributed by atoms with E-state index in [2.05, 4.69) is 4.98 Å². The van der Waals surface area contributed by atoms with Crippen molar-refractivity contribution in [2.75, 3.05) is 6.61 Å². The van der Waals surface area contributed by atoms with Crippen LogP contribution in [-0.2, 0) is 0 Å². The fraction of sp³-hybridized carbons (Fsp3) is 0.400. The number of ether oxygens (including phenoxy) is 1. The van der Waals surface area contributed by atoms with Gasteiger partial charge >= 0.3 is 0 Å². The summed E-state index contributed by atoms with van der Waals surface area (Å²) in [5.74, 6) is 0.490. The van der Waals surface area contributed by atoms with Crippen LogP contribution in [0.1, 0.15) is 26.7 Å². The van der Waals surface area contributed by atoms with Gasteiger partial charge in [-0.2, -0.15) is 0 Å². The summed E-state index contributed by atoms with van der Waals surface area (Å²) in [6.45, 7) is 3.92. The summed E-state index contributed by atoms with van der Waals surface area (Å²) in [5, 5.41) is 21.8. The highest BCUT2D eigenvalue weighted by molar-refractivity contribution is 5.91. The number of aromatic nitrogens is 1. The molecule has 21 heavy (non-hydrogen) atoms. The SMILES string of the molecule is CCC(O)(CC)COc1ccc([N+](=O)[O-])c2ncccc12. The maximum Gasteiger partial charge on any atom is 0.295 e. The first-order valence-corrected chi connectivity index (χ1v) is 6.88. The molecule has 1 aromatic heterocycles. The molecule has 6 heteroatoms. The molecule has 6 nitrogen and oxygen atoms in total. The standard InChI is InChI=1S/C15H18N2O4/c1-3-15(18,4-2)10-21-13-8-7-12(17(19)20)14-11(13)6-5-9-16-14/h5-9,18H,3-4,10H2,1-2H3. The van der Waals surface area contributed by atoms with Crippen LogP contribution in [0.25, 0.3) is 10.9 Å². The predicted octanol–water partition coefficient (Wildman–Crippen LogP) is 3.07. The van der Waals surface area contributed by atoms with Gasteiger partial charge in [0.05, 0.1) is 10.5 Å². The Labute approximate surface area is 122 Å². The van der Waals surface area contributed by atoms with E-state index in [0.29, 0.717) is 24.0 Å². The summed E-state index contributed by atoms with van der Waals surface area (Å²) in [6.07, 6.45) is 2.66. The van der Waals surface area contributed by atoms with Crippen LogP contribution in [0.2, 0.25) is 0 Å². The van der Waals surface area contributed by atoms with E-state index in [9.17, 15) is 15.2 Å². The number of pyridine rings is 1. The molecule has 1 N–H and O–H groups in total. The Hall–Kier alpha value is -2.21. The van der Waals surface area contributed by atoms with Gasteiger partial charge in [-0.1, -0.05) is 13.8 Å². The van der Waals surface area contributed by atoms with E-state index in [1.165, 1.54) is 12.3 Å². The number of non-ortho nitro benzene ring substituents is 1. The maximum atomic E-state index is 11.0. The third-order valence-electron chi connectivity index (χ3n) is 3.72. The minimum Gasteiger partial charge on any atom is -0.490 e. The monoisotopic (exact) mass is 290 g/mol. The molecule has 0 bridgehead atoms. The lowest BCUT2D eigenvalue weighted by Crippen LogP contribution is -2.34. The van der Waals surface area contributed by atoms with Crippen LogP contribution >= 0.6 is 0 Å². The molecule has 0 atom stereocenters. The van der Waals surface area contributed by atoms with Crippen molar-refractivity contribution in [2.45, 2.75) is 32.3 Å². The van der Waals surface area contributed by atoms with E-state index in [0.717, 1.165) is 0 Å². The second-order valence-electron chi connectivity index (χ2n) is 4.96. The van der Waals surface area contributed by atoms with Gasteiger partial charge < -0.3 is 9.84 Å². The molecule has 0 saturated carbocycles. The molecule has 0 amide bonds. The van der Waals surface area contributed by atoms with Gasteiger partial charge in [0, 0.05) is 17.6 Å². The zero-order chi connectivity index (χ0) is 15.5. The summed E-state index contributed by atoms with van der Waals surface area (Å²) in [4.78, 5) is 14.6. The summed E-state index contributed by atoms with van der Waals surface area (Å²) in [5.41, 5.74) is -0.660. The third kappa shape index (κ3) is 3.11. The summed E-state index contributed by atoms with van der Waals surface area (Å²) < 4.78 is 5.69. The first-order valence-electron chi connectivity index (χ1n) is 6.88. The quantitative estimate of drug-likeness (QED) is 0.652. The van der Waals surface area contributed by atoms with E-state index in [4.69, 9.17) is 4.74 Å². The van der Waals surface area contributed by atoms with E-state index in [1.54, 1.807) is 18.2 Å². The lowest BCUT2D eigenvalue weighted by molar-refractivity contribution is -0.383. The summed E-state index contributed by atoms with van der Waals surface area (Å²) >= 11 is 0. The normalized spacial score (nSPS) is 11.6. The number of nitro groups is 1. The lowest BCUT2D eigenvalue weighted by atomic mass is 9.99. The number of nitrogens with zero attached hydrogens (tertiary/aromatic N) is 2. The summed E-state index contributed by atoms with van der Waals surface area (Å²) in [6, 6.07) is 6.35. The first kappa shape index (κ1) is 15.2. The number of nitro benzene ring substituents is 1. The fourth-order valence-corrected chi connectivity index (χ4v) is 2.07. The van der Waals surface area contributed by atoms with Crippen LogP contribution in [0.3, 0.4) is 0 Å². The highest BCUT2D eigenvalue weighted by Crippen LogP contribution is 2.32. The zero-order valence-corrected chi connectivity index (χ0v) is 12.1. The average molecular weight is 290 g/mol. The molecule has 0 aliphatic carbocycles. The minimum atomic E-state index is -0.893. The Kier molecular flexibility index (Phi) is 4.37. The van der Waals surface area contributed by atoms with E-state index < -0.39 is 10.5 Å². The predicted molar refractivity (Wildman–Crippen MR) is 79.4 cm³/mol. The van der Waals surface area contributed by atoms with E-state index in [1.807, 2.05) is 13.8 Å². The van der Waals surface area contributed by atoms with Crippen molar-refractivity contribution in [3.63, 3.8) is 0 Å². The van der Waals surface area contributed by atoms with Crippen molar-refractivity contribution in [3.05, 3.63) is 40.6 Å². The number of rotatable bonds is 6. The van der Waals surface area contributed by atoms with Crippen molar-refractivity contribution < 1.29 is 14.8 Å². The number of fused-ring (bicyclic) bond motifs is 1. The van der Waals surface area contributed by atoms with Gasteiger partial charge in [0.1, 0.15) is 12.4 Å². The number of hydrogen-bond acceptors (Lipinski definition) is 5. The Morgan fingerprint density at radius 2 is 2.05 bits per heavy atom. The highest BCUT2D eigenvalue weighted by atomic mass is 16.6.